The fourth-order valence-electron chi connectivity index (χ4n) is 3.41. The van der Waals surface area contributed by atoms with Crippen molar-refractivity contribution in [3.05, 3.63) is 52.7 Å². The van der Waals surface area contributed by atoms with E-state index in [2.05, 4.69) is 22.4 Å². The van der Waals surface area contributed by atoms with Crippen LogP contribution in [0.4, 0.5) is 5.00 Å². The lowest BCUT2D eigenvalue weighted by Gasteiger charge is -2.17. The summed E-state index contributed by atoms with van der Waals surface area (Å²) in [7, 11) is 0. The number of carbonyl (C=O) groups is 1. The van der Waals surface area contributed by atoms with Crippen molar-refractivity contribution in [2.75, 3.05) is 5.32 Å². The Kier molecular flexibility index (Phi) is 6.17. The van der Waals surface area contributed by atoms with Gasteiger partial charge >= 0.3 is 0 Å². The molecule has 1 aromatic carbocycles. The third-order valence-electron chi connectivity index (χ3n) is 5.11. The Morgan fingerprint density at radius 1 is 1.25 bits per heavy atom. The first-order valence-corrected chi connectivity index (χ1v) is 10.1. The summed E-state index contributed by atoms with van der Waals surface area (Å²) < 4.78 is 5.46. The minimum Gasteiger partial charge on any atom is -0.334 e. The molecule has 4 rings (SSSR count). The normalized spacial score (nSPS) is 15.2. The molecule has 2 aromatic heterocycles. The molecule has 3 N–H and O–H groups in total. The van der Waals surface area contributed by atoms with Crippen molar-refractivity contribution in [3.8, 4) is 11.5 Å². The predicted octanol–water partition coefficient (Wildman–Crippen LogP) is 4.76. The Balaban J connectivity index is 0.00000225. The van der Waals surface area contributed by atoms with Crippen molar-refractivity contribution in [3.63, 3.8) is 0 Å². The number of hydrogen-bond acceptors (Lipinski definition) is 6. The maximum absolute atomic E-state index is 12.6. The second-order valence-corrected chi connectivity index (χ2v) is 7.87. The third kappa shape index (κ3) is 3.97. The molecular weight excluding hydrogens is 396 g/mol. The molecule has 8 heteroatoms. The van der Waals surface area contributed by atoms with E-state index in [0.717, 1.165) is 37.7 Å². The van der Waals surface area contributed by atoms with Gasteiger partial charge in [-0.1, -0.05) is 37.1 Å². The van der Waals surface area contributed by atoms with E-state index in [1.807, 2.05) is 35.7 Å². The zero-order valence-electron chi connectivity index (χ0n) is 15.6. The smallest absolute Gasteiger partial charge is 0.260 e. The number of amides is 1. The van der Waals surface area contributed by atoms with Crippen LogP contribution in [0, 0.1) is 0 Å². The molecule has 28 heavy (non-hydrogen) atoms. The molecule has 0 atom stereocenters. The number of benzene rings is 1. The number of nitrogens with zero attached hydrogens (tertiary/aromatic N) is 2. The van der Waals surface area contributed by atoms with Crippen LogP contribution in [-0.2, 0) is 12.0 Å². The first-order chi connectivity index (χ1) is 13.1. The molecule has 1 saturated carbocycles. The van der Waals surface area contributed by atoms with Gasteiger partial charge in [0.1, 0.15) is 5.00 Å². The molecule has 0 saturated heterocycles. The number of aromatic nitrogens is 2. The predicted molar refractivity (Wildman–Crippen MR) is 113 cm³/mol. The van der Waals surface area contributed by atoms with Crippen molar-refractivity contribution in [2.45, 2.75) is 44.6 Å². The van der Waals surface area contributed by atoms with Crippen LogP contribution in [0.2, 0.25) is 0 Å². The van der Waals surface area contributed by atoms with Crippen LogP contribution in [0.5, 0.6) is 0 Å². The maximum atomic E-state index is 12.6. The van der Waals surface area contributed by atoms with Gasteiger partial charge in [-0.15, -0.1) is 23.7 Å². The molecule has 1 fully saturated rings. The second kappa shape index (κ2) is 8.43. The Bertz CT molecular complexity index is 945. The molecule has 0 spiro atoms. The van der Waals surface area contributed by atoms with Gasteiger partial charge in [-0.25, -0.2) is 0 Å². The maximum Gasteiger partial charge on any atom is 0.260 e. The number of hydrogen-bond donors (Lipinski definition) is 2. The first kappa shape index (κ1) is 20.5. The van der Waals surface area contributed by atoms with E-state index in [0.29, 0.717) is 22.3 Å². The van der Waals surface area contributed by atoms with E-state index in [9.17, 15) is 4.79 Å². The SMILES string of the molecule is CCc1ccc(C(=O)Nc2sccc2-c2nc(C3(N)CCCC3)no2)cc1.Cl. The summed E-state index contributed by atoms with van der Waals surface area (Å²) >= 11 is 1.42. The van der Waals surface area contributed by atoms with Crippen LogP contribution in [0.25, 0.3) is 11.5 Å². The largest absolute Gasteiger partial charge is 0.334 e. The molecule has 1 aliphatic rings. The first-order valence-electron chi connectivity index (χ1n) is 9.20. The topological polar surface area (TPSA) is 94.0 Å². The molecule has 0 radical (unpaired) electrons. The molecular formula is C20H23ClN4O2S. The minimum atomic E-state index is -0.498. The average Bonchev–Trinajstić information content (AvgIpc) is 3.42. The van der Waals surface area contributed by atoms with Crippen LogP contribution in [0.1, 0.15) is 54.4 Å². The number of nitrogens with one attached hydrogen (secondary N) is 1. The fraction of sp³-hybridized carbons (Fsp3) is 0.350. The molecule has 148 valence electrons. The van der Waals surface area contributed by atoms with Gasteiger partial charge in [0, 0.05) is 5.56 Å². The van der Waals surface area contributed by atoms with E-state index in [4.69, 9.17) is 10.3 Å². The Hall–Kier alpha value is -2.22. The Labute approximate surface area is 173 Å². The molecule has 3 aromatic rings. The van der Waals surface area contributed by atoms with Crippen molar-refractivity contribution in [1.82, 2.24) is 10.1 Å². The lowest BCUT2D eigenvalue weighted by atomic mass is 9.99. The van der Waals surface area contributed by atoms with Gasteiger partial charge < -0.3 is 15.6 Å². The highest BCUT2D eigenvalue weighted by molar-refractivity contribution is 7.15. The van der Waals surface area contributed by atoms with E-state index >= 15 is 0 Å². The van der Waals surface area contributed by atoms with Crippen molar-refractivity contribution >= 4 is 34.7 Å². The van der Waals surface area contributed by atoms with Gasteiger partial charge in [0.25, 0.3) is 11.8 Å². The Morgan fingerprint density at radius 2 is 1.96 bits per heavy atom. The van der Waals surface area contributed by atoms with Crippen molar-refractivity contribution in [2.24, 2.45) is 5.73 Å². The van der Waals surface area contributed by atoms with Crippen LogP contribution >= 0.6 is 23.7 Å². The lowest BCUT2D eigenvalue weighted by molar-refractivity contribution is 0.102. The van der Waals surface area contributed by atoms with Crippen molar-refractivity contribution < 1.29 is 9.32 Å². The quantitative estimate of drug-likeness (QED) is 0.622. The van der Waals surface area contributed by atoms with E-state index in [1.165, 1.54) is 16.9 Å². The molecule has 2 heterocycles. The van der Waals surface area contributed by atoms with Gasteiger partial charge in [-0.05, 0) is 48.4 Å². The molecule has 6 nitrogen and oxygen atoms in total. The fourth-order valence-corrected chi connectivity index (χ4v) is 4.18. The standard InChI is InChI=1S/C20H22N4O2S.ClH/c1-2-13-5-7-14(8-6-13)16(25)22-18-15(9-12-27-18)17-23-19(24-26-17)20(21)10-3-4-11-20;/h5-9,12H,2-4,10-11,21H2,1H3,(H,22,25);1H. The van der Waals surface area contributed by atoms with E-state index in [1.54, 1.807) is 0 Å². The highest BCUT2D eigenvalue weighted by Crippen LogP contribution is 2.37. The Morgan fingerprint density at radius 3 is 2.64 bits per heavy atom. The van der Waals surface area contributed by atoms with Gasteiger partial charge in [0.15, 0.2) is 5.82 Å². The second-order valence-electron chi connectivity index (χ2n) is 6.95. The molecule has 1 amide bonds. The lowest BCUT2D eigenvalue weighted by Crippen LogP contribution is -2.34. The molecule has 0 bridgehead atoms. The number of nitrogens with two attached hydrogens (primary N) is 1. The summed E-state index contributed by atoms with van der Waals surface area (Å²) in [6, 6.07) is 9.48. The number of aryl methyl sites for hydroxylation is 1. The van der Waals surface area contributed by atoms with Gasteiger partial charge in [-0.2, -0.15) is 4.98 Å². The number of rotatable bonds is 5. The number of carbonyl (C=O) groups excluding carboxylic acids is 1. The highest BCUT2D eigenvalue weighted by atomic mass is 35.5. The number of halogens is 1. The molecule has 0 aliphatic heterocycles. The van der Waals surface area contributed by atoms with E-state index < -0.39 is 5.54 Å². The summed E-state index contributed by atoms with van der Waals surface area (Å²) in [6.45, 7) is 2.09. The summed E-state index contributed by atoms with van der Waals surface area (Å²) in [4.78, 5) is 17.1. The summed E-state index contributed by atoms with van der Waals surface area (Å²) in [5.74, 6) is 0.778. The zero-order chi connectivity index (χ0) is 18.9. The summed E-state index contributed by atoms with van der Waals surface area (Å²) in [5, 5.41) is 9.63. The summed E-state index contributed by atoms with van der Waals surface area (Å²) in [5.41, 5.74) is 8.45. The monoisotopic (exact) mass is 418 g/mol. The zero-order valence-corrected chi connectivity index (χ0v) is 17.2. The van der Waals surface area contributed by atoms with Crippen LogP contribution in [-0.4, -0.2) is 16.0 Å². The van der Waals surface area contributed by atoms with Crippen LogP contribution < -0.4 is 11.1 Å². The van der Waals surface area contributed by atoms with Crippen molar-refractivity contribution in [1.29, 1.82) is 0 Å². The molecule has 0 unspecified atom stereocenters. The van der Waals surface area contributed by atoms with Gasteiger partial charge in [-0.3, -0.25) is 4.79 Å². The highest BCUT2D eigenvalue weighted by Gasteiger charge is 2.36. The number of thiophene rings is 1. The van der Waals surface area contributed by atoms with Gasteiger partial charge in [0.05, 0.1) is 11.1 Å². The van der Waals surface area contributed by atoms with Crippen LogP contribution in [0.15, 0.2) is 40.2 Å². The average molecular weight is 419 g/mol. The summed E-state index contributed by atoms with van der Waals surface area (Å²) in [6.07, 6.45) is 4.84. The minimum absolute atomic E-state index is 0. The third-order valence-corrected chi connectivity index (χ3v) is 5.94. The number of anilines is 1. The van der Waals surface area contributed by atoms with Crippen LogP contribution in [0.3, 0.4) is 0 Å². The molecule has 1 aliphatic carbocycles. The van der Waals surface area contributed by atoms with E-state index in [-0.39, 0.29) is 18.3 Å². The van der Waals surface area contributed by atoms with Gasteiger partial charge in [0.2, 0.25) is 0 Å².